The summed E-state index contributed by atoms with van der Waals surface area (Å²) in [6, 6.07) is 9.43. The summed E-state index contributed by atoms with van der Waals surface area (Å²) in [5, 5.41) is 8.68. The van der Waals surface area contributed by atoms with Gasteiger partial charge in [0, 0.05) is 30.9 Å². The van der Waals surface area contributed by atoms with Gasteiger partial charge in [-0.05, 0) is 44.0 Å². The van der Waals surface area contributed by atoms with Crippen molar-refractivity contribution in [3.05, 3.63) is 69.4 Å². The van der Waals surface area contributed by atoms with Gasteiger partial charge in [0.15, 0.2) is 0 Å². The standard InChI is InChI=1S/C23H22ClN7OS/c1-13-11-25-22(27-16-8-9-26-30(16)4)29-17(13)20-28-18-19(33-20)23(2,3)31(21(18)32)12-14-6-5-7-15(24)10-14/h5-11H,12H2,1-4H3,(H,25,27,29). The monoisotopic (exact) mass is 479 g/mol. The molecule has 3 aromatic heterocycles. The number of thiazole rings is 1. The van der Waals surface area contributed by atoms with Gasteiger partial charge in [-0.3, -0.25) is 9.48 Å². The third kappa shape index (κ3) is 3.77. The predicted molar refractivity (Wildman–Crippen MR) is 129 cm³/mol. The molecule has 0 saturated carbocycles. The molecule has 5 rings (SSSR count). The minimum Gasteiger partial charge on any atom is -0.323 e. The lowest BCUT2D eigenvalue weighted by molar-refractivity contribution is 0.0595. The van der Waals surface area contributed by atoms with Crippen molar-refractivity contribution in [2.75, 3.05) is 5.32 Å². The molecule has 0 saturated heterocycles. The number of amides is 1. The summed E-state index contributed by atoms with van der Waals surface area (Å²) in [6.45, 7) is 6.50. The van der Waals surface area contributed by atoms with Crippen molar-refractivity contribution in [1.82, 2.24) is 29.6 Å². The van der Waals surface area contributed by atoms with Crippen molar-refractivity contribution in [1.29, 1.82) is 0 Å². The highest BCUT2D eigenvalue weighted by Gasteiger charge is 2.46. The third-order valence-corrected chi connectivity index (χ3v) is 7.38. The molecule has 0 radical (unpaired) electrons. The second kappa shape index (κ2) is 7.93. The first-order valence-electron chi connectivity index (χ1n) is 10.4. The van der Waals surface area contributed by atoms with E-state index in [9.17, 15) is 4.79 Å². The van der Waals surface area contributed by atoms with E-state index in [0.29, 0.717) is 33.9 Å². The molecule has 10 heteroatoms. The van der Waals surface area contributed by atoms with Gasteiger partial charge in [0.05, 0.1) is 16.6 Å². The predicted octanol–water partition coefficient (Wildman–Crippen LogP) is 4.93. The van der Waals surface area contributed by atoms with Crippen molar-refractivity contribution < 1.29 is 4.79 Å². The largest absolute Gasteiger partial charge is 0.323 e. The van der Waals surface area contributed by atoms with E-state index in [1.54, 1.807) is 17.1 Å². The highest BCUT2D eigenvalue weighted by Crippen LogP contribution is 2.45. The molecule has 0 spiro atoms. The lowest BCUT2D eigenvalue weighted by Crippen LogP contribution is -2.38. The van der Waals surface area contributed by atoms with Gasteiger partial charge in [-0.2, -0.15) is 5.10 Å². The molecule has 1 aliphatic heterocycles. The molecule has 1 aromatic carbocycles. The Labute approximate surface area is 200 Å². The van der Waals surface area contributed by atoms with Gasteiger partial charge < -0.3 is 10.2 Å². The SMILES string of the molecule is Cc1cnc(Nc2ccnn2C)nc1-c1nc2c(s1)C(C)(C)N(Cc1cccc(Cl)c1)C2=O. The van der Waals surface area contributed by atoms with Crippen molar-refractivity contribution in [2.45, 2.75) is 32.9 Å². The van der Waals surface area contributed by atoms with E-state index in [0.717, 1.165) is 21.8 Å². The molecule has 0 aliphatic carbocycles. The van der Waals surface area contributed by atoms with E-state index in [4.69, 9.17) is 16.6 Å². The molecular weight excluding hydrogens is 458 g/mol. The number of fused-ring (bicyclic) bond motifs is 1. The Morgan fingerprint density at radius 1 is 1.18 bits per heavy atom. The zero-order chi connectivity index (χ0) is 23.3. The summed E-state index contributed by atoms with van der Waals surface area (Å²) in [5.74, 6) is 1.14. The van der Waals surface area contributed by atoms with Crippen molar-refractivity contribution in [2.24, 2.45) is 7.05 Å². The van der Waals surface area contributed by atoms with Crippen LogP contribution < -0.4 is 5.32 Å². The van der Waals surface area contributed by atoms with Crippen LogP contribution in [0.25, 0.3) is 10.7 Å². The minimum absolute atomic E-state index is 0.0857. The molecule has 1 N–H and O–H groups in total. The number of halogens is 1. The zero-order valence-electron chi connectivity index (χ0n) is 18.6. The number of benzene rings is 1. The second-order valence-electron chi connectivity index (χ2n) is 8.47. The molecule has 0 unspecified atom stereocenters. The van der Waals surface area contributed by atoms with Gasteiger partial charge in [-0.1, -0.05) is 23.7 Å². The third-order valence-electron chi connectivity index (χ3n) is 5.77. The van der Waals surface area contributed by atoms with Crippen LogP contribution >= 0.6 is 22.9 Å². The lowest BCUT2D eigenvalue weighted by Gasteiger charge is -2.32. The lowest BCUT2D eigenvalue weighted by atomic mass is 10.0. The molecule has 4 aromatic rings. The average molecular weight is 480 g/mol. The smallest absolute Gasteiger partial charge is 0.274 e. The van der Waals surface area contributed by atoms with Gasteiger partial charge in [-0.15, -0.1) is 11.3 Å². The second-order valence-corrected chi connectivity index (χ2v) is 9.90. The fourth-order valence-electron chi connectivity index (χ4n) is 3.90. The van der Waals surface area contributed by atoms with Gasteiger partial charge in [0.1, 0.15) is 22.2 Å². The highest BCUT2D eigenvalue weighted by atomic mass is 35.5. The highest BCUT2D eigenvalue weighted by molar-refractivity contribution is 7.15. The molecular formula is C23H22ClN7OS. The van der Waals surface area contributed by atoms with Crippen LogP contribution in [0.5, 0.6) is 0 Å². The Kier molecular flexibility index (Phi) is 5.18. The number of anilines is 2. The molecule has 0 bridgehead atoms. The molecule has 4 heterocycles. The number of aromatic nitrogens is 5. The van der Waals surface area contributed by atoms with Crippen LogP contribution in [0.1, 0.15) is 40.3 Å². The summed E-state index contributed by atoms with van der Waals surface area (Å²) in [4.78, 5) is 29.9. The van der Waals surface area contributed by atoms with Crippen LogP contribution in [0.3, 0.4) is 0 Å². The fourth-order valence-corrected chi connectivity index (χ4v) is 5.34. The van der Waals surface area contributed by atoms with Crippen molar-refractivity contribution in [3.63, 3.8) is 0 Å². The first kappa shape index (κ1) is 21.5. The molecule has 1 amide bonds. The fraction of sp³-hybridized carbons (Fsp3) is 0.261. The van der Waals surface area contributed by atoms with E-state index in [1.165, 1.54) is 11.3 Å². The number of nitrogens with one attached hydrogen (secondary N) is 1. The number of nitrogens with zero attached hydrogens (tertiary/aromatic N) is 6. The van der Waals surface area contributed by atoms with Crippen LogP contribution in [0.2, 0.25) is 5.02 Å². The van der Waals surface area contributed by atoms with Crippen LogP contribution in [0, 0.1) is 6.92 Å². The van der Waals surface area contributed by atoms with E-state index in [-0.39, 0.29) is 5.91 Å². The normalized spacial score (nSPS) is 14.6. The van der Waals surface area contributed by atoms with Crippen LogP contribution in [0.15, 0.2) is 42.7 Å². The van der Waals surface area contributed by atoms with Crippen LogP contribution in [0.4, 0.5) is 11.8 Å². The first-order valence-corrected chi connectivity index (χ1v) is 11.6. The first-order chi connectivity index (χ1) is 15.7. The molecule has 8 nitrogen and oxygen atoms in total. The molecule has 1 aliphatic rings. The maximum absolute atomic E-state index is 13.3. The van der Waals surface area contributed by atoms with Gasteiger partial charge in [0.25, 0.3) is 5.91 Å². The number of carbonyl (C=O) groups excluding carboxylic acids is 1. The molecule has 0 atom stereocenters. The number of aryl methyl sites for hydroxylation is 2. The van der Waals surface area contributed by atoms with Crippen LogP contribution in [-0.2, 0) is 19.1 Å². The Morgan fingerprint density at radius 2 is 2.00 bits per heavy atom. The Bertz CT molecular complexity index is 1380. The van der Waals surface area contributed by atoms with Crippen molar-refractivity contribution in [3.8, 4) is 10.7 Å². The number of carbonyl (C=O) groups is 1. The Balaban J connectivity index is 1.46. The maximum atomic E-state index is 13.3. The minimum atomic E-state index is -0.499. The topological polar surface area (TPSA) is 88.8 Å². The number of hydrogen-bond acceptors (Lipinski definition) is 7. The van der Waals surface area contributed by atoms with Gasteiger partial charge in [-0.25, -0.2) is 15.0 Å². The summed E-state index contributed by atoms with van der Waals surface area (Å²) in [6.07, 6.45) is 3.46. The van der Waals surface area contributed by atoms with Gasteiger partial charge >= 0.3 is 0 Å². The van der Waals surface area contributed by atoms with Crippen molar-refractivity contribution >= 4 is 40.6 Å². The summed E-state index contributed by atoms with van der Waals surface area (Å²) in [7, 11) is 1.84. The van der Waals surface area contributed by atoms with E-state index < -0.39 is 5.54 Å². The summed E-state index contributed by atoms with van der Waals surface area (Å²) >= 11 is 7.64. The Hall–Kier alpha value is -3.30. The van der Waals surface area contributed by atoms with Crippen LogP contribution in [-0.4, -0.2) is 35.5 Å². The van der Waals surface area contributed by atoms with E-state index >= 15 is 0 Å². The number of rotatable bonds is 5. The quantitative estimate of drug-likeness (QED) is 0.436. The zero-order valence-corrected chi connectivity index (χ0v) is 20.2. The average Bonchev–Trinajstić information content (AvgIpc) is 3.43. The maximum Gasteiger partial charge on any atom is 0.274 e. The summed E-state index contributed by atoms with van der Waals surface area (Å²) in [5.41, 5.74) is 2.57. The van der Waals surface area contributed by atoms with Gasteiger partial charge in [0.2, 0.25) is 5.95 Å². The summed E-state index contributed by atoms with van der Waals surface area (Å²) < 4.78 is 1.70. The number of hydrogen-bond donors (Lipinski definition) is 1. The molecule has 0 fully saturated rings. The molecule has 33 heavy (non-hydrogen) atoms. The molecule has 168 valence electrons. The Morgan fingerprint density at radius 3 is 2.70 bits per heavy atom. The van der Waals surface area contributed by atoms with E-state index in [2.05, 4.69) is 20.4 Å². The van der Waals surface area contributed by atoms with E-state index in [1.807, 2.05) is 63.1 Å².